The van der Waals surface area contributed by atoms with Crippen molar-refractivity contribution in [3.8, 4) is 0 Å². The molecule has 23 heavy (non-hydrogen) atoms. The maximum atomic E-state index is 12.5. The molecule has 1 saturated heterocycles. The highest BCUT2D eigenvalue weighted by atomic mass is 35.5. The second-order valence-corrected chi connectivity index (χ2v) is 7.47. The lowest BCUT2D eigenvalue weighted by molar-refractivity contribution is 0.0728. The molecule has 0 bridgehead atoms. The van der Waals surface area contributed by atoms with E-state index in [4.69, 9.17) is 27.9 Å². The quantitative estimate of drug-likeness (QED) is 0.635. The van der Waals surface area contributed by atoms with Crippen molar-refractivity contribution in [1.82, 2.24) is 0 Å². The highest BCUT2D eigenvalue weighted by molar-refractivity contribution is 7.99. The summed E-state index contributed by atoms with van der Waals surface area (Å²) in [4.78, 5) is 13.6. The van der Waals surface area contributed by atoms with E-state index in [1.807, 2.05) is 24.3 Å². The van der Waals surface area contributed by atoms with Gasteiger partial charge in [0.05, 0.1) is 5.02 Å². The molecule has 1 fully saturated rings. The molecule has 1 heterocycles. The van der Waals surface area contributed by atoms with Gasteiger partial charge in [0.1, 0.15) is 5.44 Å². The van der Waals surface area contributed by atoms with Gasteiger partial charge >= 0.3 is 0 Å². The zero-order valence-corrected chi connectivity index (χ0v) is 14.8. The minimum atomic E-state index is -0.122. The van der Waals surface area contributed by atoms with E-state index in [1.165, 1.54) is 6.42 Å². The maximum Gasteiger partial charge on any atom is 0.194 e. The van der Waals surface area contributed by atoms with Crippen molar-refractivity contribution in [3.63, 3.8) is 0 Å². The van der Waals surface area contributed by atoms with Crippen LogP contribution >= 0.6 is 35.0 Å². The second-order valence-electron chi connectivity index (χ2n) is 5.39. The smallest absolute Gasteiger partial charge is 0.194 e. The predicted molar refractivity (Wildman–Crippen MR) is 95.8 cm³/mol. The van der Waals surface area contributed by atoms with E-state index in [0.717, 1.165) is 24.3 Å². The molecule has 0 radical (unpaired) electrons. The van der Waals surface area contributed by atoms with Gasteiger partial charge in [-0.25, -0.2) is 0 Å². The van der Waals surface area contributed by atoms with Gasteiger partial charge in [-0.05, 0) is 61.7 Å². The van der Waals surface area contributed by atoms with Gasteiger partial charge in [0.2, 0.25) is 0 Å². The van der Waals surface area contributed by atoms with E-state index in [-0.39, 0.29) is 11.2 Å². The third-order valence-corrected chi connectivity index (χ3v) is 5.44. The summed E-state index contributed by atoms with van der Waals surface area (Å²) < 4.78 is 5.72. The molecule has 2 aromatic carbocycles. The number of hydrogen-bond acceptors (Lipinski definition) is 3. The van der Waals surface area contributed by atoms with E-state index in [2.05, 4.69) is 0 Å². The van der Waals surface area contributed by atoms with Gasteiger partial charge in [0.15, 0.2) is 5.78 Å². The molecule has 120 valence electrons. The lowest BCUT2D eigenvalue weighted by atomic mass is 10.0. The van der Waals surface area contributed by atoms with Crippen LogP contribution in [0.2, 0.25) is 10.0 Å². The fraction of sp³-hybridized carbons (Fsp3) is 0.278. The lowest BCUT2D eigenvalue weighted by Gasteiger charge is -2.21. The Bertz CT molecular complexity index is 695. The first-order valence-corrected chi connectivity index (χ1v) is 9.15. The van der Waals surface area contributed by atoms with Crippen LogP contribution < -0.4 is 0 Å². The van der Waals surface area contributed by atoms with Crippen molar-refractivity contribution in [1.29, 1.82) is 0 Å². The van der Waals surface area contributed by atoms with Crippen LogP contribution in [-0.2, 0) is 4.74 Å². The standard InChI is InChI=1S/C18H16Cl2O2S/c19-13-6-9-16(20)15(11-13)18(21)12-4-7-14(8-5-12)23-17-3-1-2-10-22-17/h4-9,11,17H,1-3,10H2. The minimum Gasteiger partial charge on any atom is -0.367 e. The Kier molecular flexibility index (Phi) is 5.65. The maximum absolute atomic E-state index is 12.5. The van der Waals surface area contributed by atoms with Crippen molar-refractivity contribution in [3.05, 3.63) is 63.6 Å². The van der Waals surface area contributed by atoms with Crippen LogP contribution in [-0.4, -0.2) is 17.8 Å². The summed E-state index contributed by atoms with van der Waals surface area (Å²) in [6.07, 6.45) is 3.43. The Balaban J connectivity index is 1.73. The molecule has 2 nitrogen and oxygen atoms in total. The summed E-state index contributed by atoms with van der Waals surface area (Å²) in [5.74, 6) is -0.122. The van der Waals surface area contributed by atoms with Crippen molar-refractivity contribution < 1.29 is 9.53 Å². The Hall–Kier alpha value is -1.000. The number of ether oxygens (including phenoxy) is 1. The summed E-state index contributed by atoms with van der Waals surface area (Å²) in [7, 11) is 0. The molecular formula is C18H16Cl2O2S. The van der Waals surface area contributed by atoms with Crippen LogP contribution in [0, 0.1) is 0 Å². The van der Waals surface area contributed by atoms with Crippen LogP contribution in [0.15, 0.2) is 47.4 Å². The molecule has 1 aliphatic heterocycles. The van der Waals surface area contributed by atoms with Gasteiger partial charge in [0.25, 0.3) is 0 Å². The van der Waals surface area contributed by atoms with E-state index in [0.29, 0.717) is 21.2 Å². The first-order chi connectivity index (χ1) is 11.1. The monoisotopic (exact) mass is 366 g/mol. The van der Waals surface area contributed by atoms with Crippen LogP contribution in [0.25, 0.3) is 0 Å². The summed E-state index contributed by atoms with van der Waals surface area (Å²) in [5.41, 5.74) is 1.24. The molecule has 0 N–H and O–H groups in total. The van der Waals surface area contributed by atoms with Crippen molar-refractivity contribution >= 4 is 40.7 Å². The summed E-state index contributed by atoms with van der Waals surface area (Å²) >= 11 is 13.8. The first-order valence-electron chi connectivity index (χ1n) is 7.51. The SMILES string of the molecule is O=C(c1ccc(SC2CCCCO2)cc1)c1cc(Cl)ccc1Cl. The molecule has 0 spiro atoms. The molecule has 0 aromatic heterocycles. The van der Waals surface area contributed by atoms with Crippen LogP contribution in [0.3, 0.4) is 0 Å². The number of rotatable bonds is 4. The zero-order chi connectivity index (χ0) is 16.2. The topological polar surface area (TPSA) is 26.3 Å². The predicted octanol–water partition coefficient (Wildman–Crippen LogP) is 5.84. The van der Waals surface area contributed by atoms with Gasteiger partial charge in [0, 0.05) is 27.7 Å². The van der Waals surface area contributed by atoms with Crippen molar-refractivity contribution in [2.75, 3.05) is 6.61 Å². The zero-order valence-electron chi connectivity index (χ0n) is 12.4. The van der Waals surface area contributed by atoms with Crippen LogP contribution in [0.4, 0.5) is 0 Å². The van der Waals surface area contributed by atoms with Crippen LogP contribution in [0.5, 0.6) is 0 Å². The van der Waals surface area contributed by atoms with Gasteiger partial charge < -0.3 is 4.74 Å². The van der Waals surface area contributed by atoms with E-state index in [9.17, 15) is 4.79 Å². The number of thioether (sulfide) groups is 1. The Morgan fingerprint density at radius 1 is 1.09 bits per heavy atom. The molecular weight excluding hydrogens is 351 g/mol. The molecule has 1 atom stereocenters. The number of carbonyl (C=O) groups is 1. The van der Waals surface area contributed by atoms with E-state index < -0.39 is 0 Å². The number of halogens is 2. The van der Waals surface area contributed by atoms with Gasteiger partial charge in [-0.2, -0.15) is 0 Å². The fourth-order valence-corrected chi connectivity index (χ4v) is 3.89. The number of ketones is 1. The van der Waals surface area contributed by atoms with Crippen LogP contribution in [0.1, 0.15) is 35.2 Å². The molecule has 3 rings (SSSR count). The Labute approximate surface area is 150 Å². The van der Waals surface area contributed by atoms with Gasteiger partial charge in [-0.15, -0.1) is 0 Å². The third kappa shape index (κ3) is 4.30. The first kappa shape index (κ1) is 16.8. The molecule has 1 unspecified atom stereocenters. The summed E-state index contributed by atoms with van der Waals surface area (Å²) in [6, 6.07) is 12.5. The second kappa shape index (κ2) is 7.71. The van der Waals surface area contributed by atoms with E-state index in [1.54, 1.807) is 30.0 Å². The Morgan fingerprint density at radius 3 is 2.57 bits per heavy atom. The number of hydrogen-bond donors (Lipinski definition) is 0. The van der Waals surface area contributed by atoms with E-state index >= 15 is 0 Å². The molecule has 0 aliphatic carbocycles. The third-order valence-electron chi connectivity index (χ3n) is 3.69. The fourth-order valence-electron chi connectivity index (χ4n) is 2.47. The largest absolute Gasteiger partial charge is 0.367 e. The molecule has 0 saturated carbocycles. The van der Waals surface area contributed by atoms with Crippen molar-refractivity contribution in [2.45, 2.75) is 29.6 Å². The number of benzene rings is 2. The van der Waals surface area contributed by atoms with Crippen molar-refractivity contribution in [2.24, 2.45) is 0 Å². The van der Waals surface area contributed by atoms with Gasteiger partial charge in [-0.3, -0.25) is 4.79 Å². The molecule has 2 aromatic rings. The average Bonchev–Trinajstić information content (AvgIpc) is 2.58. The average molecular weight is 367 g/mol. The molecule has 0 amide bonds. The minimum absolute atomic E-state index is 0.122. The summed E-state index contributed by atoms with van der Waals surface area (Å²) in [6.45, 7) is 0.835. The highest BCUT2D eigenvalue weighted by Gasteiger charge is 2.16. The highest BCUT2D eigenvalue weighted by Crippen LogP contribution is 2.31. The van der Waals surface area contributed by atoms with Gasteiger partial charge in [-0.1, -0.05) is 35.0 Å². The summed E-state index contributed by atoms with van der Waals surface area (Å²) in [5, 5.41) is 0.910. The number of carbonyl (C=O) groups excluding carboxylic acids is 1. The molecule has 5 heteroatoms. The molecule has 1 aliphatic rings. The Morgan fingerprint density at radius 2 is 1.87 bits per heavy atom. The normalized spacial score (nSPS) is 17.9. The lowest BCUT2D eigenvalue weighted by Crippen LogP contribution is -2.14.